The lowest BCUT2D eigenvalue weighted by Crippen LogP contribution is -2.30. The first-order valence-electron chi connectivity index (χ1n) is 6.44. The number of nitrogens with one attached hydrogen (secondary N) is 1. The number of benzene rings is 2. The maximum absolute atomic E-state index is 12.1. The van der Waals surface area contributed by atoms with Crippen molar-refractivity contribution in [2.75, 3.05) is 5.33 Å². The molecular formula is C16H14BrCl2NO. The molecule has 0 aliphatic carbocycles. The van der Waals surface area contributed by atoms with Crippen LogP contribution < -0.4 is 5.32 Å². The van der Waals surface area contributed by atoms with Gasteiger partial charge in [-0.25, -0.2) is 0 Å². The fraction of sp³-hybridized carbons (Fsp3) is 0.188. The Balaban J connectivity index is 2.01. The van der Waals surface area contributed by atoms with Gasteiger partial charge < -0.3 is 5.32 Å². The van der Waals surface area contributed by atoms with Gasteiger partial charge in [-0.15, -0.1) is 0 Å². The summed E-state index contributed by atoms with van der Waals surface area (Å²) in [4.78, 5) is 12.1. The van der Waals surface area contributed by atoms with Crippen molar-refractivity contribution in [3.05, 3.63) is 69.7 Å². The highest BCUT2D eigenvalue weighted by atomic mass is 79.9. The fourth-order valence-corrected chi connectivity index (χ4v) is 2.83. The topological polar surface area (TPSA) is 29.1 Å². The van der Waals surface area contributed by atoms with Crippen molar-refractivity contribution in [3.8, 4) is 0 Å². The van der Waals surface area contributed by atoms with Crippen LogP contribution in [0.15, 0.2) is 48.5 Å². The fourth-order valence-electron chi connectivity index (χ4n) is 1.98. The minimum absolute atomic E-state index is 0.0540. The van der Waals surface area contributed by atoms with E-state index >= 15 is 0 Å². The molecule has 1 amide bonds. The quantitative estimate of drug-likeness (QED) is 0.735. The van der Waals surface area contributed by atoms with Crippen LogP contribution in [-0.2, 0) is 11.2 Å². The molecule has 0 fully saturated rings. The summed E-state index contributed by atoms with van der Waals surface area (Å²) < 4.78 is 0. The molecule has 0 radical (unpaired) electrons. The number of amides is 1. The van der Waals surface area contributed by atoms with E-state index in [4.69, 9.17) is 23.2 Å². The summed E-state index contributed by atoms with van der Waals surface area (Å²) in [5.41, 5.74) is 1.90. The molecule has 1 unspecified atom stereocenters. The standard InChI is InChI=1S/C16H14BrCl2NO/c17-10-15(12-4-2-1-3-5-12)20-16(21)9-11-6-7-13(18)14(19)8-11/h1-8,15H,9-10H2,(H,20,21). The van der Waals surface area contributed by atoms with Gasteiger partial charge in [0.2, 0.25) is 5.91 Å². The van der Waals surface area contributed by atoms with Gasteiger partial charge in [-0.3, -0.25) is 4.79 Å². The van der Waals surface area contributed by atoms with Gasteiger partial charge in [0.15, 0.2) is 0 Å². The van der Waals surface area contributed by atoms with Crippen LogP contribution in [0.3, 0.4) is 0 Å². The number of carbonyl (C=O) groups is 1. The van der Waals surface area contributed by atoms with Gasteiger partial charge in [0.1, 0.15) is 0 Å². The average molecular weight is 387 g/mol. The number of alkyl halides is 1. The van der Waals surface area contributed by atoms with E-state index in [0.29, 0.717) is 15.4 Å². The van der Waals surface area contributed by atoms with E-state index < -0.39 is 0 Å². The van der Waals surface area contributed by atoms with Crippen LogP contribution in [0.25, 0.3) is 0 Å². The number of carbonyl (C=O) groups excluding carboxylic acids is 1. The Labute approximate surface area is 142 Å². The molecule has 0 saturated heterocycles. The Hall–Kier alpha value is -1.03. The Bertz CT molecular complexity index is 619. The Morgan fingerprint density at radius 2 is 1.81 bits per heavy atom. The van der Waals surface area contributed by atoms with Crippen molar-refractivity contribution in [1.82, 2.24) is 5.32 Å². The molecule has 2 aromatic rings. The number of hydrogen-bond donors (Lipinski definition) is 1. The zero-order valence-corrected chi connectivity index (χ0v) is 14.3. The van der Waals surface area contributed by atoms with Crippen molar-refractivity contribution in [1.29, 1.82) is 0 Å². The lowest BCUT2D eigenvalue weighted by molar-refractivity contribution is -0.121. The molecule has 1 atom stereocenters. The molecule has 0 spiro atoms. The first kappa shape index (κ1) is 16.3. The molecule has 0 heterocycles. The molecule has 21 heavy (non-hydrogen) atoms. The normalized spacial score (nSPS) is 12.0. The zero-order valence-electron chi connectivity index (χ0n) is 11.2. The Kier molecular flexibility index (Phi) is 6.09. The number of rotatable bonds is 5. The predicted octanol–water partition coefficient (Wildman–Crippen LogP) is 4.79. The summed E-state index contributed by atoms with van der Waals surface area (Å²) in [6, 6.07) is 15.0. The smallest absolute Gasteiger partial charge is 0.224 e. The van der Waals surface area contributed by atoms with Gasteiger partial charge in [-0.1, -0.05) is 75.5 Å². The molecule has 0 saturated carbocycles. The molecular weight excluding hydrogens is 373 g/mol. The van der Waals surface area contributed by atoms with Crippen LogP contribution in [0.4, 0.5) is 0 Å². The van der Waals surface area contributed by atoms with Crippen LogP contribution >= 0.6 is 39.1 Å². The van der Waals surface area contributed by atoms with Crippen LogP contribution in [0, 0.1) is 0 Å². The van der Waals surface area contributed by atoms with Crippen LogP contribution in [0.1, 0.15) is 17.2 Å². The first-order valence-corrected chi connectivity index (χ1v) is 8.32. The molecule has 2 aromatic carbocycles. The third-order valence-electron chi connectivity index (χ3n) is 3.04. The van der Waals surface area contributed by atoms with E-state index in [1.807, 2.05) is 30.3 Å². The monoisotopic (exact) mass is 385 g/mol. The summed E-state index contributed by atoms with van der Waals surface area (Å²) >= 11 is 15.3. The minimum Gasteiger partial charge on any atom is -0.348 e. The van der Waals surface area contributed by atoms with Crippen LogP contribution in [-0.4, -0.2) is 11.2 Å². The van der Waals surface area contributed by atoms with E-state index in [0.717, 1.165) is 11.1 Å². The second kappa shape index (κ2) is 7.83. The van der Waals surface area contributed by atoms with Crippen molar-refractivity contribution in [3.63, 3.8) is 0 Å². The lowest BCUT2D eigenvalue weighted by atomic mass is 10.1. The van der Waals surface area contributed by atoms with Crippen LogP contribution in [0.2, 0.25) is 10.0 Å². The molecule has 0 aromatic heterocycles. The van der Waals surface area contributed by atoms with Crippen molar-refractivity contribution in [2.24, 2.45) is 0 Å². The minimum atomic E-state index is -0.0542. The van der Waals surface area contributed by atoms with E-state index in [9.17, 15) is 4.79 Å². The Morgan fingerprint density at radius 3 is 2.43 bits per heavy atom. The molecule has 1 N–H and O–H groups in total. The second-order valence-electron chi connectivity index (χ2n) is 4.61. The highest BCUT2D eigenvalue weighted by Gasteiger charge is 2.13. The highest BCUT2D eigenvalue weighted by Crippen LogP contribution is 2.23. The number of halogens is 3. The summed E-state index contributed by atoms with van der Waals surface area (Å²) in [6.07, 6.45) is 0.271. The van der Waals surface area contributed by atoms with Gasteiger partial charge >= 0.3 is 0 Å². The van der Waals surface area contributed by atoms with Gasteiger partial charge in [-0.05, 0) is 23.3 Å². The summed E-state index contributed by atoms with van der Waals surface area (Å²) in [5.74, 6) is -0.0540. The van der Waals surface area contributed by atoms with E-state index in [1.54, 1.807) is 18.2 Å². The van der Waals surface area contributed by atoms with Gasteiger partial charge in [-0.2, -0.15) is 0 Å². The largest absolute Gasteiger partial charge is 0.348 e. The highest BCUT2D eigenvalue weighted by molar-refractivity contribution is 9.09. The maximum atomic E-state index is 12.1. The maximum Gasteiger partial charge on any atom is 0.224 e. The summed E-state index contributed by atoms with van der Waals surface area (Å²) in [5, 5.41) is 4.61. The predicted molar refractivity (Wildman–Crippen MR) is 91.3 cm³/mol. The van der Waals surface area contributed by atoms with Crippen molar-refractivity contribution >= 4 is 45.0 Å². The van der Waals surface area contributed by atoms with Crippen molar-refractivity contribution in [2.45, 2.75) is 12.5 Å². The number of hydrogen-bond acceptors (Lipinski definition) is 1. The van der Waals surface area contributed by atoms with E-state index in [1.165, 1.54) is 0 Å². The molecule has 2 nitrogen and oxygen atoms in total. The summed E-state index contributed by atoms with van der Waals surface area (Å²) in [7, 11) is 0. The molecule has 2 rings (SSSR count). The molecule has 5 heteroatoms. The van der Waals surface area contributed by atoms with Gasteiger partial charge in [0.25, 0.3) is 0 Å². The lowest BCUT2D eigenvalue weighted by Gasteiger charge is -2.16. The second-order valence-corrected chi connectivity index (χ2v) is 6.07. The molecule has 0 aliphatic rings. The third kappa shape index (κ3) is 4.73. The van der Waals surface area contributed by atoms with Gasteiger partial charge in [0, 0.05) is 5.33 Å². The molecule has 0 aliphatic heterocycles. The summed E-state index contributed by atoms with van der Waals surface area (Å²) in [6.45, 7) is 0. The zero-order chi connectivity index (χ0) is 15.2. The Morgan fingerprint density at radius 1 is 1.10 bits per heavy atom. The van der Waals surface area contributed by atoms with Crippen LogP contribution in [0.5, 0.6) is 0 Å². The van der Waals surface area contributed by atoms with Gasteiger partial charge in [0.05, 0.1) is 22.5 Å². The third-order valence-corrected chi connectivity index (χ3v) is 4.43. The average Bonchev–Trinajstić information content (AvgIpc) is 2.49. The van der Waals surface area contributed by atoms with E-state index in [-0.39, 0.29) is 18.4 Å². The first-order chi connectivity index (χ1) is 10.1. The molecule has 0 bridgehead atoms. The molecule has 110 valence electrons. The van der Waals surface area contributed by atoms with Crippen molar-refractivity contribution < 1.29 is 4.79 Å². The SMILES string of the molecule is O=C(Cc1ccc(Cl)c(Cl)c1)NC(CBr)c1ccccc1. The van der Waals surface area contributed by atoms with E-state index in [2.05, 4.69) is 21.2 Å².